The molecule has 1 atom stereocenters. The average Bonchev–Trinajstić information content (AvgIpc) is 2.35. The SMILES string of the molecule is C=CCNC(=O)C(C)N(CCO)C(CC)CC. The van der Waals surface area contributed by atoms with Crippen LogP contribution in [0.15, 0.2) is 12.7 Å². The molecule has 0 aromatic carbocycles. The lowest BCUT2D eigenvalue weighted by Crippen LogP contribution is -2.50. The van der Waals surface area contributed by atoms with Gasteiger partial charge in [0.1, 0.15) is 0 Å². The highest BCUT2D eigenvalue weighted by molar-refractivity contribution is 5.81. The standard InChI is InChI=1S/C13H26N2O2/c1-5-8-14-13(17)11(4)15(9-10-16)12(6-2)7-3/h5,11-12,16H,1,6-10H2,2-4H3,(H,14,17). The van der Waals surface area contributed by atoms with E-state index in [4.69, 9.17) is 5.11 Å². The van der Waals surface area contributed by atoms with E-state index in [-0.39, 0.29) is 18.6 Å². The maximum absolute atomic E-state index is 11.9. The molecular weight excluding hydrogens is 216 g/mol. The van der Waals surface area contributed by atoms with Crippen molar-refractivity contribution in [3.8, 4) is 0 Å². The molecular formula is C13H26N2O2. The molecule has 0 aliphatic rings. The van der Waals surface area contributed by atoms with Crippen LogP contribution in [0.1, 0.15) is 33.6 Å². The van der Waals surface area contributed by atoms with Gasteiger partial charge in [-0.05, 0) is 19.8 Å². The van der Waals surface area contributed by atoms with Gasteiger partial charge in [0, 0.05) is 19.1 Å². The van der Waals surface area contributed by atoms with Crippen molar-refractivity contribution < 1.29 is 9.90 Å². The van der Waals surface area contributed by atoms with Crippen molar-refractivity contribution in [1.82, 2.24) is 10.2 Å². The predicted octanol–water partition coefficient (Wildman–Crippen LogP) is 1.16. The summed E-state index contributed by atoms with van der Waals surface area (Å²) in [4.78, 5) is 13.9. The van der Waals surface area contributed by atoms with E-state index in [1.54, 1.807) is 6.08 Å². The Hall–Kier alpha value is -0.870. The number of nitrogens with one attached hydrogen (secondary N) is 1. The third kappa shape index (κ3) is 5.33. The molecule has 4 heteroatoms. The maximum atomic E-state index is 11.9. The molecule has 0 aromatic heterocycles. The summed E-state index contributed by atoms with van der Waals surface area (Å²) < 4.78 is 0. The number of amides is 1. The molecule has 1 unspecified atom stereocenters. The van der Waals surface area contributed by atoms with Crippen LogP contribution in [-0.4, -0.2) is 47.7 Å². The van der Waals surface area contributed by atoms with Gasteiger partial charge in [-0.1, -0.05) is 19.9 Å². The Morgan fingerprint density at radius 1 is 1.47 bits per heavy atom. The summed E-state index contributed by atoms with van der Waals surface area (Å²) >= 11 is 0. The van der Waals surface area contributed by atoms with Crippen LogP contribution in [0.2, 0.25) is 0 Å². The van der Waals surface area contributed by atoms with Gasteiger partial charge in [0.25, 0.3) is 0 Å². The van der Waals surface area contributed by atoms with Gasteiger partial charge in [-0.3, -0.25) is 9.69 Å². The Bertz CT molecular complexity index is 227. The smallest absolute Gasteiger partial charge is 0.237 e. The van der Waals surface area contributed by atoms with Crippen molar-refractivity contribution in [1.29, 1.82) is 0 Å². The molecule has 0 rings (SSSR count). The van der Waals surface area contributed by atoms with Crippen LogP contribution in [0.4, 0.5) is 0 Å². The Morgan fingerprint density at radius 2 is 2.06 bits per heavy atom. The molecule has 2 N–H and O–H groups in total. The highest BCUT2D eigenvalue weighted by atomic mass is 16.3. The van der Waals surface area contributed by atoms with Crippen molar-refractivity contribution in [2.45, 2.75) is 45.7 Å². The maximum Gasteiger partial charge on any atom is 0.237 e. The second kappa shape index (κ2) is 9.19. The lowest BCUT2D eigenvalue weighted by molar-refractivity contribution is -0.126. The van der Waals surface area contributed by atoms with Gasteiger partial charge in [0.15, 0.2) is 0 Å². The highest BCUT2D eigenvalue weighted by Crippen LogP contribution is 2.12. The summed E-state index contributed by atoms with van der Waals surface area (Å²) in [5, 5.41) is 11.9. The molecule has 0 aromatic rings. The van der Waals surface area contributed by atoms with Crippen molar-refractivity contribution in [2.75, 3.05) is 19.7 Å². The Kier molecular flexibility index (Phi) is 8.72. The predicted molar refractivity (Wildman–Crippen MR) is 70.8 cm³/mol. The molecule has 1 amide bonds. The zero-order valence-electron chi connectivity index (χ0n) is 11.3. The Labute approximate surface area is 105 Å². The van der Waals surface area contributed by atoms with Gasteiger partial charge in [0.2, 0.25) is 5.91 Å². The Balaban J connectivity index is 4.55. The minimum Gasteiger partial charge on any atom is -0.395 e. The van der Waals surface area contributed by atoms with Crippen LogP contribution in [0.3, 0.4) is 0 Å². The molecule has 0 aliphatic heterocycles. The Morgan fingerprint density at radius 3 is 2.47 bits per heavy atom. The fourth-order valence-corrected chi connectivity index (χ4v) is 2.04. The number of carbonyl (C=O) groups excluding carboxylic acids is 1. The number of nitrogens with zero attached hydrogens (tertiary/aromatic N) is 1. The van der Waals surface area contributed by atoms with Gasteiger partial charge in [-0.25, -0.2) is 0 Å². The van der Waals surface area contributed by atoms with Gasteiger partial charge >= 0.3 is 0 Å². The summed E-state index contributed by atoms with van der Waals surface area (Å²) in [6.07, 6.45) is 3.63. The van der Waals surface area contributed by atoms with Crippen molar-refractivity contribution in [2.24, 2.45) is 0 Å². The first-order valence-electron chi connectivity index (χ1n) is 6.37. The van der Waals surface area contributed by atoms with Crippen molar-refractivity contribution in [3.63, 3.8) is 0 Å². The molecule has 0 saturated heterocycles. The second-order valence-electron chi connectivity index (χ2n) is 4.14. The van der Waals surface area contributed by atoms with E-state index in [2.05, 4.69) is 30.6 Å². The van der Waals surface area contributed by atoms with Crippen LogP contribution in [0.5, 0.6) is 0 Å². The summed E-state index contributed by atoms with van der Waals surface area (Å²) in [6.45, 7) is 10.8. The van der Waals surface area contributed by atoms with Crippen molar-refractivity contribution >= 4 is 5.91 Å². The monoisotopic (exact) mass is 242 g/mol. The molecule has 0 fully saturated rings. The normalized spacial score (nSPS) is 12.8. The second-order valence-corrected chi connectivity index (χ2v) is 4.14. The fourth-order valence-electron chi connectivity index (χ4n) is 2.04. The first-order valence-corrected chi connectivity index (χ1v) is 6.37. The van der Waals surface area contributed by atoms with E-state index >= 15 is 0 Å². The first kappa shape index (κ1) is 16.1. The van der Waals surface area contributed by atoms with E-state index in [0.717, 1.165) is 12.8 Å². The van der Waals surface area contributed by atoms with Gasteiger partial charge in [-0.2, -0.15) is 0 Å². The fraction of sp³-hybridized carbons (Fsp3) is 0.769. The van der Waals surface area contributed by atoms with E-state index in [1.165, 1.54) is 0 Å². The van der Waals surface area contributed by atoms with Crippen LogP contribution in [0.25, 0.3) is 0 Å². The highest BCUT2D eigenvalue weighted by Gasteiger charge is 2.25. The number of hydrogen-bond donors (Lipinski definition) is 2. The lowest BCUT2D eigenvalue weighted by atomic mass is 10.1. The minimum atomic E-state index is -0.216. The zero-order valence-corrected chi connectivity index (χ0v) is 11.3. The van der Waals surface area contributed by atoms with Crippen LogP contribution < -0.4 is 5.32 Å². The van der Waals surface area contributed by atoms with Crippen LogP contribution in [-0.2, 0) is 4.79 Å². The molecule has 0 saturated carbocycles. The number of carbonyl (C=O) groups is 1. The third-order valence-corrected chi connectivity index (χ3v) is 3.07. The summed E-state index contributed by atoms with van der Waals surface area (Å²) in [5.41, 5.74) is 0. The summed E-state index contributed by atoms with van der Waals surface area (Å²) in [6, 6.07) is 0.124. The number of rotatable bonds is 9. The van der Waals surface area contributed by atoms with Crippen LogP contribution in [0, 0.1) is 0 Å². The van der Waals surface area contributed by atoms with E-state index < -0.39 is 0 Å². The average molecular weight is 242 g/mol. The largest absolute Gasteiger partial charge is 0.395 e. The zero-order chi connectivity index (χ0) is 13.3. The third-order valence-electron chi connectivity index (χ3n) is 3.07. The summed E-state index contributed by atoms with van der Waals surface area (Å²) in [5.74, 6) is -0.00903. The molecule has 0 radical (unpaired) electrons. The van der Waals surface area contributed by atoms with E-state index in [9.17, 15) is 4.79 Å². The van der Waals surface area contributed by atoms with Gasteiger partial charge in [-0.15, -0.1) is 6.58 Å². The molecule has 0 bridgehead atoms. The van der Waals surface area contributed by atoms with Crippen LogP contribution >= 0.6 is 0 Å². The summed E-state index contributed by atoms with van der Waals surface area (Å²) in [7, 11) is 0. The lowest BCUT2D eigenvalue weighted by Gasteiger charge is -2.34. The molecule has 17 heavy (non-hydrogen) atoms. The number of aliphatic hydroxyl groups excluding tert-OH is 1. The van der Waals surface area contributed by atoms with Gasteiger partial charge in [0.05, 0.1) is 12.6 Å². The van der Waals surface area contributed by atoms with Gasteiger partial charge < -0.3 is 10.4 Å². The molecule has 0 heterocycles. The topological polar surface area (TPSA) is 52.6 Å². The molecule has 4 nitrogen and oxygen atoms in total. The van der Waals surface area contributed by atoms with Crippen molar-refractivity contribution in [3.05, 3.63) is 12.7 Å². The first-order chi connectivity index (χ1) is 8.12. The molecule has 100 valence electrons. The quantitative estimate of drug-likeness (QED) is 0.597. The minimum absolute atomic E-state index is 0.00903. The number of hydrogen-bond acceptors (Lipinski definition) is 3. The number of aliphatic hydroxyl groups is 1. The van der Waals surface area contributed by atoms with E-state index in [0.29, 0.717) is 19.1 Å². The van der Waals surface area contributed by atoms with E-state index in [1.807, 2.05) is 6.92 Å². The molecule has 0 spiro atoms. The molecule has 0 aliphatic carbocycles.